The standard InChI is InChI=1S/C17H29NO2/c18-16(14-10-13-4-5-15(14)20-13)12-6-9-19-17(11-12)7-2-1-3-8-17/h12-16H,1-11,18H2. The molecule has 20 heavy (non-hydrogen) atoms. The van der Waals surface area contributed by atoms with Gasteiger partial charge in [0.25, 0.3) is 0 Å². The van der Waals surface area contributed by atoms with Crippen LogP contribution in [0.25, 0.3) is 0 Å². The highest BCUT2D eigenvalue weighted by molar-refractivity contribution is 4.99. The third kappa shape index (κ3) is 2.32. The highest BCUT2D eigenvalue weighted by atomic mass is 16.5. The van der Waals surface area contributed by atoms with Crippen molar-refractivity contribution in [1.29, 1.82) is 0 Å². The SMILES string of the molecule is NC(C1CCOC2(CCCCC2)C1)C1CC2CCC1O2. The lowest BCUT2D eigenvalue weighted by molar-refractivity contribution is -0.123. The molecule has 0 aromatic carbocycles. The largest absolute Gasteiger partial charge is 0.375 e. The van der Waals surface area contributed by atoms with Gasteiger partial charge in [0.15, 0.2) is 0 Å². The third-order valence-corrected chi connectivity index (χ3v) is 6.49. The molecule has 3 heterocycles. The van der Waals surface area contributed by atoms with E-state index in [4.69, 9.17) is 15.2 Å². The van der Waals surface area contributed by atoms with E-state index in [9.17, 15) is 0 Å². The number of ether oxygens (including phenoxy) is 2. The zero-order chi connectivity index (χ0) is 13.6. The number of nitrogens with two attached hydrogens (primary N) is 1. The first-order chi connectivity index (χ1) is 9.76. The Morgan fingerprint density at radius 1 is 1.05 bits per heavy atom. The molecule has 0 aromatic heterocycles. The van der Waals surface area contributed by atoms with Gasteiger partial charge in [0.2, 0.25) is 0 Å². The van der Waals surface area contributed by atoms with Crippen molar-refractivity contribution >= 4 is 0 Å². The maximum absolute atomic E-state index is 6.69. The molecule has 1 aliphatic carbocycles. The Hall–Kier alpha value is -0.120. The monoisotopic (exact) mass is 279 g/mol. The van der Waals surface area contributed by atoms with Gasteiger partial charge >= 0.3 is 0 Å². The summed E-state index contributed by atoms with van der Waals surface area (Å²) in [6.45, 7) is 0.931. The summed E-state index contributed by atoms with van der Waals surface area (Å²) in [6.07, 6.45) is 13.7. The summed E-state index contributed by atoms with van der Waals surface area (Å²) in [6, 6.07) is 0.341. The van der Waals surface area contributed by atoms with E-state index in [1.807, 2.05) is 0 Å². The lowest BCUT2D eigenvalue weighted by Gasteiger charge is -2.46. The van der Waals surface area contributed by atoms with E-state index in [1.165, 1.54) is 57.8 Å². The van der Waals surface area contributed by atoms with Gasteiger partial charge in [-0.1, -0.05) is 19.3 Å². The van der Waals surface area contributed by atoms with Crippen LogP contribution in [0, 0.1) is 11.8 Å². The minimum Gasteiger partial charge on any atom is -0.375 e. The van der Waals surface area contributed by atoms with Crippen LogP contribution in [-0.4, -0.2) is 30.5 Å². The van der Waals surface area contributed by atoms with Crippen molar-refractivity contribution in [3.8, 4) is 0 Å². The fraction of sp³-hybridized carbons (Fsp3) is 1.00. The number of fused-ring (bicyclic) bond motifs is 2. The fourth-order valence-electron chi connectivity index (χ4n) is 5.37. The third-order valence-electron chi connectivity index (χ3n) is 6.49. The highest BCUT2D eigenvalue weighted by Crippen LogP contribution is 2.46. The van der Waals surface area contributed by atoms with Crippen molar-refractivity contribution in [3.63, 3.8) is 0 Å². The molecule has 4 fully saturated rings. The predicted octanol–water partition coefficient (Wildman–Crippen LogP) is 3.01. The van der Waals surface area contributed by atoms with Crippen molar-refractivity contribution < 1.29 is 9.47 Å². The van der Waals surface area contributed by atoms with Crippen molar-refractivity contribution in [1.82, 2.24) is 0 Å². The van der Waals surface area contributed by atoms with Crippen LogP contribution in [0.4, 0.5) is 0 Å². The van der Waals surface area contributed by atoms with E-state index < -0.39 is 0 Å². The summed E-state index contributed by atoms with van der Waals surface area (Å²) < 4.78 is 12.2. The topological polar surface area (TPSA) is 44.5 Å². The Labute approximate surface area is 122 Å². The minimum absolute atomic E-state index is 0.192. The summed E-state index contributed by atoms with van der Waals surface area (Å²) >= 11 is 0. The van der Waals surface area contributed by atoms with Crippen LogP contribution in [0.3, 0.4) is 0 Å². The van der Waals surface area contributed by atoms with Gasteiger partial charge in [-0.05, 0) is 50.9 Å². The first-order valence-corrected chi connectivity index (χ1v) is 8.81. The van der Waals surface area contributed by atoms with E-state index in [2.05, 4.69) is 0 Å². The Bertz CT molecular complexity index is 347. The van der Waals surface area contributed by atoms with Gasteiger partial charge in [-0.15, -0.1) is 0 Å². The Kier molecular flexibility index (Phi) is 3.56. The second-order valence-corrected chi connectivity index (χ2v) is 7.70. The molecule has 3 saturated heterocycles. The Morgan fingerprint density at radius 2 is 1.90 bits per heavy atom. The lowest BCUT2D eigenvalue weighted by Crippen LogP contribution is -2.50. The summed E-state index contributed by atoms with van der Waals surface area (Å²) in [7, 11) is 0. The molecule has 2 bridgehead atoms. The van der Waals surface area contributed by atoms with E-state index >= 15 is 0 Å². The van der Waals surface area contributed by atoms with Crippen LogP contribution in [0.2, 0.25) is 0 Å². The quantitative estimate of drug-likeness (QED) is 0.845. The summed E-state index contributed by atoms with van der Waals surface area (Å²) in [4.78, 5) is 0. The van der Waals surface area contributed by atoms with Crippen LogP contribution in [0.5, 0.6) is 0 Å². The van der Waals surface area contributed by atoms with Gasteiger partial charge in [-0.25, -0.2) is 0 Å². The number of hydrogen-bond donors (Lipinski definition) is 1. The average Bonchev–Trinajstić information content (AvgIpc) is 3.10. The number of rotatable bonds is 2. The smallest absolute Gasteiger partial charge is 0.0685 e. The fourth-order valence-corrected chi connectivity index (χ4v) is 5.37. The minimum atomic E-state index is 0.192. The molecule has 114 valence electrons. The predicted molar refractivity (Wildman–Crippen MR) is 78.5 cm³/mol. The summed E-state index contributed by atoms with van der Waals surface area (Å²) in [5.41, 5.74) is 6.89. The van der Waals surface area contributed by atoms with Crippen LogP contribution in [-0.2, 0) is 9.47 Å². The first-order valence-electron chi connectivity index (χ1n) is 8.81. The average molecular weight is 279 g/mol. The first kappa shape index (κ1) is 13.5. The van der Waals surface area contributed by atoms with Gasteiger partial charge in [-0.2, -0.15) is 0 Å². The zero-order valence-corrected chi connectivity index (χ0v) is 12.6. The molecular formula is C17H29NO2. The second kappa shape index (κ2) is 5.26. The zero-order valence-electron chi connectivity index (χ0n) is 12.6. The lowest BCUT2D eigenvalue weighted by atomic mass is 9.70. The molecule has 5 unspecified atom stereocenters. The van der Waals surface area contributed by atoms with E-state index in [0.29, 0.717) is 30.1 Å². The molecule has 3 aliphatic heterocycles. The number of hydrogen-bond acceptors (Lipinski definition) is 3. The molecule has 3 nitrogen and oxygen atoms in total. The van der Waals surface area contributed by atoms with E-state index in [0.717, 1.165) is 13.0 Å². The molecular weight excluding hydrogens is 250 g/mol. The highest BCUT2D eigenvalue weighted by Gasteiger charge is 2.47. The van der Waals surface area contributed by atoms with E-state index in [-0.39, 0.29) is 5.60 Å². The van der Waals surface area contributed by atoms with Crippen LogP contribution in [0.1, 0.15) is 64.2 Å². The second-order valence-electron chi connectivity index (χ2n) is 7.70. The van der Waals surface area contributed by atoms with Crippen LogP contribution >= 0.6 is 0 Å². The molecule has 2 N–H and O–H groups in total. The van der Waals surface area contributed by atoms with Gasteiger partial charge in [-0.3, -0.25) is 0 Å². The Morgan fingerprint density at radius 3 is 2.60 bits per heavy atom. The van der Waals surface area contributed by atoms with Crippen LogP contribution in [0.15, 0.2) is 0 Å². The van der Waals surface area contributed by atoms with Crippen molar-refractivity contribution in [2.45, 2.75) is 88.1 Å². The molecule has 0 amide bonds. The van der Waals surface area contributed by atoms with Crippen LogP contribution < -0.4 is 5.73 Å². The molecule has 4 rings (SSSR count). The molecule has 3 heteroatoms. The molecule has 5 atom stereocenters. The van der Waals surface area contributed by atoms with Gasteiger partial charge < -0.3 is 15.2 Å². The molecule has 0 aromatic rings. The van der Waals surface area contributed by atoms with Crippen molar-refractivity contribution in [2.24, 2.45) is 17.6 Å². The van der Waals surface area contributed by atoms with E-state index in [1.54, 1.807) is 0 Å². The summed E-state index contributed by atoms with van der Waals surface area (Å²) in [5.74, 6) is 1.28. The molecule has 1 spiro atoms. The Balaban J connectivity index is 1.42. The van der Waals surface area contributed by atoms with Gasteiger partial charge in [0, 0.05) is 18.6 Å². The van der Waals surface area contributed by atoms with Crippen molar-refractivity contribution in [3.05, 3.63) is 0 Å². The molecule has 0 radical (unpaired) electrons. The van der Waals surface area contributed by atoms with Gasteiger partial charge in [0.1, 0.15) is 0 Å². The maximum Gasteiger partial charge on any atom is 0.0685 e. The molecule has 4 aliphatic rings. The van der Waals surface area contributed by atoms with Gasteiger partial charge in [0.05, 0.1) is 17.8 Å². The summed E-state index contributed by atoms with van der Waals surface area (Å²) in [5, 5.41) is 0. The molecule has 1 saturated carbocycles. The maximum atomic E-state index is 6.69. The van der Waals surface area contributed by atoms with Crippen molar-refractivity contribution in [2.75, 3.05) is 6.61 Å². The normalized spacial score (nSPS) is 44.9.